The molecule has 0 aliphatic heterocycles. The number of rotatable bonds is 9. The third-order valence-electron chi connectivity index (χ3n) is 3.43. The van der Waals surface area contributed by atoms with Crippen molar-refractivity contribution in [1.82, 2.24) is 0 Å². The third-order valence-corrected chi connectivity index (χ3v) is 8.13. The smallest absolute Gasteiger partial charge is 0.192 e. The van der Waals surface area contributed by atoms with E-state index < -0.39 is 8.32 Å². The van der Waals surface area contributed by atoms with Gasteiger partial charge in [0.15, 0.2) is 8.32 Å². The molecule has 0 radical (unpaired) electrons. The Morgan fingerprint density at radius 1 is 1.07 bits per heavy atom. The summed E-state index contributed by atoms with van der Waals surface area (Å²) in [5.41, 5.74) is 0. The summed E-state index contributed by atoms with van der Waals surface area (Å²) < 4.78 is 6.23. The van der Waals surface area contributed by atoms with Crippen LogP contribution in [0.1, 0.15) is 47.0 Å². The Morgan fingerprint density at radius 2 is 1.60 bits per heavy atom. The van der Waals surface area contributed by atoms with Crippen LogP contribution in [0.15, 0.2) is 0 Å². The van der Waals surface area contributed by atoms with Crippen LogP contribution < -0.4 is 0 Å². The minimum absolute atomic E-state index is 0.0940. The maximum atomic E-state index is 9.30. The van der Waals surface area contributed by atoms with Gasteiger partial charge in [-0.25, -0.2) is 0 Å². The standard InChI is InChI=1S/C12H28O2Si/c1-5-9-10-12(11-13)14-15(6-2,7-3)8-4/h12-13H,5-11H2,1-4H3/t12-/m0/s1. The van der Waals surface area contributed by atoms with Crippen molar-refractivity contribution in [2.45, 2.75) is 71.2 Å². The van der Waals surface area contributed by atoms with Crippen LogP contribution in [0.3, 0.4) is 0 Å². The van der Waals surface area contributed by atoms with Crippen molar-refractivity contribution in [2.24, 2.45) is 0 Å². The summed E-state index contributed by atoms with van der Waals surface area (Å²) in [4.78, 5) is 0. The normalized spacial score (nSPS) is 14.2. The predicted octanol–water partition coefficient (Wildman–Crippen LogP) is 3.56. The molecule has 0 aromatic carbocycles. The molecule has 1 atom stereocenters. The van der Waals surface area contributed by atoms with Gasteiger partial charge in [-0.3, -0.25) is 0 Å². The van der Waals surface area contributed by atoms with Crippen molar-refractivity contribution < 1.29 is 9.53 Å². The Labute approximate surface area is 96.2 Å². The van der Waals surface area contributed by atoms with Gasteiger partial charge >= 0.3 is 0 Å². The van der Waals surface area contributed by atoms with E-state index in [0.717, 1.165) is 12.8 Å². The number of unbranched alkanes of at least 4 members (excludes halogenated alkanes) is 1. The first-order valence-corrected chi connectivity index (χ1v) is 8.99. The van der Waals surface area contributed by atoms with E-state index in [0.29, 0.717) is 0 Å². The highest BCUT2D eigenvalue weighted by molar-refractivity contribution is 6.73. The summed E-state index contributed by atoms with van der Waals surface area (Å²) >= 11 is 0. The molecule has 1 N–H and O–H groups in total. The maximum absolute atomic E-state index is 9.30. The Morgan fingerprint density at radius 3 is 1.93 bits per heavy atom. The highest BCUT2D eigenvalue weighted by Crippen LogP contribution is 2.24. The van der Waals surface area contributed by atoms with Crippen molar-refractivity contribution in [3.05, 3.63) is 0 Å². The summed E-state index contributed by atoms with van der Waals surface area (Å²) in [5, 5.41) is 9.30. The molecule has 0 spiro atoms. The van der Waals surface area contributed by atoms with E-state index in [4.69, 9.17) is 4.43 Å². The van der Waals surface area contributed by atoms with Gasteiger partial charge in [-0.15, -0.1) is 0 Å². The number of aliphatic hydroxyl groups is 1. The summed E-state index contributed by atoms with van der Waals surface area (Å²) in [6, 6.07) is 3.51. The average Bonchev–Trinajstić information content (AvgIpc) is 2.30. The van der Waals surface area contributed by atoms with E-state index in [2.05, 4.69) is 27.7 Å². The number of hydrogen-bond donors (Lipinski definition) is 1. The van der Waals surface area contributed by atoms with Gasteiger partial charge in [0.05, 0.1) is 12.7 Å². The molecular formula is C12H28O2Si. The van der Waals surface area contributed by atoms with Gasteiger partial charge < -0.3 is 9.53 Å². The topological polar surface area (TPSA) is 29.5 Å². The first kappa shape index (κ1) is 15.1. The Kier molecular flexibility index (Phi) is 8.38. The Bertz CT molecular complexity index is 138. The lowest BCUT2D eigenvalue weighted by Gasteiger charge is -2.32. The molecule has 0 bridgehead atoms. The van der Waals surface area contributed by atoms with E-state index in [1.54, 1.807) is 0 Å². The van der Waals surface area contributed by atoms with Crippen molar-refractivity contribution in [1.29, 1.82) is 0 Å². The van der Waals surface area contributed by atoms with E-state index in [1.807, 2.05) is 0 Å². The largest absolute Gasteiger partial charge is 0.412 e. The molecule has 0 aliphatic rings. The van der Waals surface area contributed by atoms with Crippen LogP contribution in [0.2, 0.25) is 18.1 Å². The molecule has 0 saturated carbocycles. The van der Waals surface area contributed by atoms with Crippen molar-refractivity contribution >= 4 is 8.32 Å². The van der Waals surface area contributed by atoms with Gasteiger partial charge in [0.25, 0.3) is 0 Å². The predicted molar refractivity (Wildman–Crippen MR) is 68.7 cm³/mol. The molecule has 3 heteroatoms. The third kappa shape index (κ3) is 5.14. The van der Waals surface area contributed by atoms with Gasteiger partial charge in [0, 0.05) is 0 Å². The highest BCUT2D eigenvalue weighted by Gasteiger charge is 2.31. The van der Waals surface area contributed by atoms with Crippen LogP contribution in [0.4, 0.5) is 0 Å². The van der Waals surface area contributed by atoms with E-state index in [1.165, 1.54) is 24.6 Å². The van der Waals surface area contributed by atoms with Crippen LogP contribution in [0.25, 0.3) is 0 Å². The number of hydrogen-bond acceptors (Lipinski definition) is 2. The molecule has 0 rings (SSSR count). The van der Waals surface area contributed by atoms with Gasteiger partial charge in [-0.2, -0.15) is 0 Å². The fourth-order valence-corrected chi connectivity index (χ4v) is 4.87. The zero-order chi connectivity index (χ0) is 11.7. The molecule has 0 saturated heterocycles. The van der Waals surface area contributed by atoms with Gasteiger partial charge in [0.2, 0.25) is 0 Å². The van der Waals surface area contributed by atoms with Crippen molar-refractivity contribution in [2.75, 3.05) is 6.61 Å². The fourth-order valence-electron chi connectivity index (χ4n) is 1.97. The van der Waals surface area contributed by atoms with Crippen LogP contribution in [0.5, 0.6) is 0 Å². The van der Waals surface area contributed by atoms with Gasteiger partial charge in [-0.1, -0.05) is 40.5 Å². The summed E-state index contributed by atoms with van der Waals surface area (Å²) in [6.07, 6.45) is 3.45. The second kappa shape index (κ2) is 8.31. The molecule has 0 aliphatic carbocycles. The number of aliphatic hydroxyl groups excluding tert-OH is 1. The maximum Gasteiger partial charge on any atom is 0.192 e. The lowest BCUT2D eigenvalue weighted by atomic mass is 10.2. The SMILES string of the molecule is CCCC[C@@H](CO)O[Si](CC)(CC)CC. The minimum atomic E-state index is -1.51. The van der Waals surface area contributed by atoms with E-state index in [9.17, 15) is 5.11 Å². The lowest BCUT2D eigenvalue weighted by molar-refractivity contribution is 0.0968. The van der Waals surface area contributed by atoms with Gasteiger partial charge in [0.1, 0.15) is 0 Å². The fraction of sp³-hybridized carbons (Fsp3) is 1.00. The van der Waals surface area contributed by atoms with Crippen molar-refractivity contribution in [3.63, 3.8) is 0 Å². The second-order valence-electron chi connectivity index (χ2n) is 4.31. The molecule has 0 aromatic rings. The average molecular weight is 232 g/mol. The molecule has 92 valence electrons. The van der Waals surface area contributed by atoms with Crippen molar-refractivity contribution in [3.8, 4) is 0 Å². The molecule has 0 fully saturated rings. The first-order chi connectivity index (χ1) is 7.17. The van der Waals surface area contributed by atoms with Crippen LogP contribution in [-0.2, 0) is 4.43 Å². The molecular weight excluding hydrogens is 204 g/mol. The highest BCUT2D eigenvalue weighted by atomic mass is 28.4. The van der Waals surface area contributed by atoms with Crippen LogP contribution in [-0.4, -0.2) is 26.1 Å². The van der Waals surface area contributed by atoms with Crippen LogP contribution >= 0.6 is 0 Å². The zero-order valence-corrected chi connectivity index (χ0v) is 11.9. The minimum Gasteiger partial charge on any atom is -0.412 e. The van der Waals surface area contributed by atoms with E-state index in [-0.39, 0.29) is 12.7 Å². The molecule has 0 unspecified atom stereocenters. The molecule has 2 nitrogen and oxygen atoms in total. The quantitative estimate of drug-likeness (QED) is 0.616. The molecule has 15 heavy (non-hydrogen) atoms. The lowest BCUT2D eigenvalue weighted by Crippen LogP contribution is -2.41. The second-order valence-corrected chi connectivity index (χ2v) is 9.03. The Hall–Kier alpha value is 0.137. The summed E-state index contributed by atoms with van der Waals surface area (Å²) in [6.45, 7) is 9.06. The van der Waals surface area contributed by atoms with E-state index >= 15 is 0 Å². The molecule has 0 amide bonds. The van der Waals surface area contributed by atoms with Crippen LogP contribution in [0, 0.1) is 0 Å². The monoisotopic (exact) mass is 232 g/mol. The molecule has 0 aromatic heterocycles. The first-order valence-electron chi connectivity index (χ1n) is 6.46. The van der Waals surface area contributed by atoms with Gasteiger partial charge in [-0.05, 0) is 24.6 Å². The molecule has 0 heterocycles. The summed E-state index contributed by atoms with van der Waals surface area (Å²) in [5.74, 6) is 0. The Balaban J connectivity index is 4.21. The zero-order valence-electron chi connectivity index (χ0n) is 10.9. The summed E-state index contributed by atoms with van der Waals surface area (Å²) in [7, 11) is -1.51.